The minimum atomic E-state index is -0.308. The van der Waals surface area contributed by atoms with Gasteiger partial charge in [0, 0.05) is 11.6 Å². The molecule has 2 aliphatic rings. The molecule has 4 rings (SSSR count). The van der Waals surface area contributed by atoms with Gasteiger partial charge in [0.2, 0.25) is 5.91 Å². The highest BCUT2D eigenvalue weighted by molar-refractivity contribution is 8.00. The Hall–Kier alpha value is -2.00. The van der Waals surface area contributed by atoms with Crippen LogP contribution in [0.2, 0.25) is 0 Å². The van der Waals surface area contributed by atoms with E-state index in [0.29, 0.717) is 22.9 Å². The van der Waals surface area contributed by atoms with Crippen molar-refractivity contribution in [2.45, 2.75) is 24.1 Å². The number of ether oxygens (including phenoxy) is 2. The van der Waals surface area contributed by atoms with Gasteiger partial charge in [0.1, 0.15) is 17.3 Å². The number of nitrogens with zero attached hydrogens (tertiary/aromatic N) is 1. The molecule has 2 aliphatic heterocycles. The zero-order chi connectivity index (χ0) is 19.7. The summed E-state index contributed by atoms with van der Waals surface area (Å²) >= 11 is 3.36. The quantitative estimate of drug-likeness (QED) is 0.789. The molecule has 0 saturated carbocycles. The topological polar surface area (TPSA) is 85.4 Å². The van der Waals surface area contributed by atoms with Crippen molar-refractivity contribution in [1.82, 2.24) is 9.78 Å². The second-order valence-electron chi connectivity index (χ2n) is 6.76. The lowest BCUT2D eigenvalue weighted by Gasteiger charge is -2.24. The second-order valence-corrected chi connectivity index (χ2v) is 9.08. The number of aromatic amines is 1. The molecule has 1 fully saturated rings. The Morgan fingerprint density at radius 2 is 1.93 bits per heavy atom. The Kier molecular flexibility index (Phi) is 5.63. The van der Waals surface area contributed by atoms with E-state index in [-0.39, 0.29) is 28.5 Å². The molecule has 0 bridgehead atoms. The number of fused-ring (bicyclic) bond motifs is 1. The van der Waals surface area contributed by atoms with Gasteiger partial charge in [0.25, 0.3) is 5.56 Å². The number of rotatable bonds is 4. The summed E-state index contributed by atoms with van der Waals surface area (Å²) < 4.78 is 12.7. The van der Waals surface area contributed by atoms with Crippen molar-refractivity contribution in [2.75, 3.05) is 36.8 Å². The fraction of sp³-hybridized carbons (Fsp3) is 0.474. The molecule has 1 aromatic carbocycles. The smallest absolute Gasteiger partial charge is 0.270 e. The van der Waals surface area contributed by atoms with Crippen molar-refractivity contribution in [1.29, 1.82) is 0 Å². The van der Waals surface area contributed by atoms with Crippen molar-refractivity contribution >= 4 is 35.2 Å². The molecule has 150 valence electrons. The molecule has 0 spiro atoms. The second kappa shape index (κ2) is 8.16. The number of hydrogen-bond donors (Lipinski definition) is 2. The van der Waals surface area contributed by atoms with E-state index in [9.17, 15) is 9.59 Å². The van der Waals surface area contributed by atoms with Crippen LogP contribution in [0.4, 0.5) is 5.82 Å². The number of nitrogens with one attached hydrogen (secondary N) is 2. The lowest BCUT2D eigenvalue weighted by molar-refractivity contribution is -0.113. The maximum absolute atomic E-state index is 13.0. The maximum atomic E-state index is 13.0. The third-order valence-electron chi connectivity index (χ3n) is 5.14. The first-order valence-corrected chi connectivity index (χ1v) is 11.4. The molecule has 2 N–H and O–H groups in total. The van der Waals surface area contributed by atoms with E-state index in [4.69, 9.17) is 9.47 Å². The first kappa shape index (κ1) is 19.3. The fourth-order valence-corrected chi connectivity index (χ4v) is 5.97. The van der Waals surface area contributed by atoms with Crippen LogP contribution >= 0.6 is 23.5 Å². The Morgan fingerprint density at radius 1 is 1.14 bits per heavy atom. The lowest BCUT2D eigenvalue weighted by Crippen LogP contribution is -2.22. The van der Waals surface area contributed by atoms with E-state index in [2.05, 4.69) is 10.4 Å². The minimum Gasteiger partial charge on any atom is -0.497 e. The standard InChI is InChI=1S/C19H23N3O4S2/c1-25-12-3-4-13(14(9-12)26-2)17-16-18(20-15(23)10-28-17)22(21-19(16)24)11-5-7-27-8-6-11/h3-4,9,11,17H,5-8,10H2,1-2H3,(H,20,23)(H,21,24). The van der Waals surface area contributed by atoms with Crippen LogP contribution in [-0.4, -0.2) is 47.2 Å². The summed E-state index contributed by atoms with van der Waals surface area (Å²) in [6.45, 7) is 0. The largest absolute Gasteiger partial charge is 0.497 e. The average molecular weight is 422 g/mol. The van der Waals surface area contributed by atoms with Gasteiger partial charge in [-0.1, -0.05) is 6.07 Å². The zero-order valence-corrected chi connectivity index (χ0v) is 17.5. The highest BCUT2D eigenvalue weighted by Crippen LogP contribution is 2.45. The highest BCUT2D eigenvalue weighted by Gasteiger charge is 2.34. The van der Waals surface area contributed by atoms with E-state index in [1.807, 2.05) is 28.6 Å². The zero-order valence-electron chi connectivity index (χ0n) is 15.8. The van der Waals surface area contributed by atoms with Crippen molar-refractivity contribution in [3.05, 3.63) is 39.7 Å². The van der Waals surface area contributed by atoms with Gasteiger partial charge in [-0.3, -0.25) is 19.4 Å². The van der Waals surface area contributed by atoms with Crippen LogP contribution in [-0.2, 0) is 4.79 Å². The SMILES string of the molecule is COc1ccc(C2SCC(=O)Nc3c2c(=O)[nH]n3C2CCSCC2)c(OC)c1. The number of carbonyl (C=O) groups excluding carboxylic acids is 1. The summed E-state index contributed by atoms with van der Waals surface area (Å²) in [4.78, 5) is 25.4. The first-order chi connectivity index (χ1) is 13.6. The van der Waals surface area contributed by atoms with E-state index in [1.54, 1.807) is 20.3 Å². The number of carbonyl (C=O) groups is 1. The predicted molar refractivity (Wildman–Crippen MR) is 113 cm³/mol. The van der Waals surface area contributed by atoms with Crippen LogP contribution in [0.25, 0.3) is 0 Å². The summed E-state index contributed by atoms with van der Waals surface area (Å²) in [6.07, 6.45) is 1.95. The molecule has 2 aromatic rings. The summed E-state index contributed by atoms with van der Waals surface area (Å²) in [7, 11) is 3.20. The number of thioether (sulfide) groups is 2. The number of hydrogen-bond acceptors (Lipinski definition) is 6. The molecule has 1 unspecified atom stereocenters. The Morgan fingerprint density at radius 3 is 2.64 bits per heavy atom. The molecular formula is C19H23N3O4S2. The predicted octanol–water partition coefficient (Wildman–Crippen LogP) is 3.04. The third kappa shape index (κ3) is 3.53. The fourth-order valence-electron chi connectivity index (χ4n) is 3.74. The van der Waals surface area contributed by atoms with Gasteiger partial charge in [-0.15, -0.1) is 11.8 Å². The third-order valence-corrected chi connectivity index (χ3v) is 7.44. The van der Waals surface area contributed by atoms with Crippen LogP contribution in [0.5, 0.6) is 11.5 Å². The van der Waals surface area contributed by atoms with Gasteiger partial charge in [-0.05, 0) is 30.4 Å². The molecule has 7 nitrogen and oxygen atoms in total. The van der Waals surface area contributed by atoms with E-state index < -0.39 is 0 Å². The Labute approximate surface area is 171 Å². The van der Waals surface area contributed by atoms with Gasteiger partial charge in [-0.2, -0.15) is 11.8 Å². The molecular weight excluding hydrogens is 398 g/mol. The number of amides is 1. The van der Waals surface area contributed by atoms with E-state index in [1.165, 1.54) is 11.8 Å². The van der Waals surface area contributed by atoms with Gasteiger partial charge in [0.05, 0.1) is 36.8 Å². The molecule has 1 amide bonds. The highest BCUT2D eigenvalue weighted by atomic mass is 32.2. The summed E-state index contributed by atoms with van der Waals surface area (Å²) in [5.74, 6) is 4.20. The van der Waals surface area contributed by atoms with E-state index >= 15 is 0 Å². The Balaban J connectivity index is 1.83. The van der Waals surface area contributed by atoms with Crippen molar-refractivity contribution < 1.29 is 14.3 Å². The normalized spacial score (nSPS) is 20.2. The van der Waals surface area contributed by atoms with Gasteiger partial charge in [-0.25, -0.2) is 0 Å². The lowest BCUT2D eigenvalue weighted by atomic mass is 10.0. The van der Waals surface area contributed by atoms with Crippen LogP contribution in [0.15, 0.2) is 23.0 Å². The number of benzene rings is 1. The molecule has 28 heavy (non-hydrogen) atoms. The molecule has 3 heterocycles. The van der Waals surface area contributed by atoms with Crippen LogP contribution in [0.3, 0.4) is 0 Å². The molecule has 9 heteroatoms. The van der Waals surface area contributed by atoms with Crippen LogP contribution in [0, 0.1) is 0 Å². The maximum Gasteiger partial charge on any atom is 0.270 e. The number of methoxy groups -OCH3 is 2. The Bertz CT molecular complexity index is 934. The van der Waals surface area contributed by atoms with Gasteiger partial charge in [0.15, 0.2) is 0 Å². The average Bonchev–Trinajstić information content (AvgIpc) is 2.93. The van der Waals surface area contributed by atoms with Crippen molar-refractivity contribution in [2.24, 2.45) is 0 Å². The molecule has 1 atom stereocenters. The van der Waals surface area contributed by atoms with Gasteiger partial charge < -0.3 is 14.8 Å². The minimum absolute atomic E-state index is 0.0980. The number of aromatic nitrogens is 2. The number of anilines is 1. The number of H-pyrrole nitrogens is 1. The van der Waals surface area contributed by atoms with Crippen molar-refractivity contribution in [3.8, 4) is 11.5 Å². The molecule has 0 aliphatic carbocycles. The summed E-state index contributed by atoms with van der Waals surface area (Å²) in [5.41, 5.74) is 1.27. The summed E-state index contributed by atoms with van der Waals surface area (Å²) in [6, 6.07) is 5.75. The molecule has 0 radical (unpaired) electrons. The van der Waals surface area contributed by atoms with Gasteiger partial charge >= 0.3 is 0 Å². The monoisotopic (exact) mass is 421 g/mol. The van der Waals surface area contributed by atoms with E-state index in [0.717, 1.165) is 29.9 Å². The molecule has 1 aromatic heterocycles. The molecule has 1 saturated heterocycles. The van der Waals surface area contributed by atoms with Crippen molar-refractivity contribution in [3.63, 3.8) is 0 Å². The summed E-state index contributed by atoms with van der Waals surface area (Å²) in [5, 5.41) is 5.65. The first-order valence-electron chi connectivity index (χ1n) is 9.18. The van der Waals surface area contributed by atoms with Crippen LogP contribution < -0.4 is 20.3 Å². The van der Waals surface area contributed by atoms with Crippen LogP contribution in [0.1, 0.15) is 35.3 Å².